The van der Waals surface area contributed by atoms with Gasteiger partial charge in [0, 0.05) is 6.04 Å². The first kappa shape index (κ1) is 14.7. The summed E-state index contributed by atoms with van der Waals surface area (Å²) >= 11 is 1.54. The Labute approximate surface area is 111 Å². The van der Waals surface area contributed by atoms with Gasteiger partial charge in [-0.25, -0.2) is 0 Å². The van der Waals surface area contributed by atoms with Crippen LogP contribution in [0, 0.1) is 5.41 Å². The van der Waals surface area contributed by atoms with E-state index in [1.165, 1.54) is 0 Å². The summed E-state index contributed by atoms with van der Waals surface area (Å²) in [4.78, 5) is 22.7. The van der Waals surface area contributed by atoms with Crippen LogP contribution in [0.3, 0.4) is 0 Å². The molecule has 0 aliphatic rings. The minimum Gasteiger partial charge on any atom is -0.481 e. The van der Waals surface area contributed by atoms with E-state index < -0.39 is 5.97 Å². The monoisotopic (exact) mass is 269 g/mol. The van der Waals surface area contributed by atoms with Crippen molar-refractivity contribution in [2.24, 2.45) is 5.41 Å². The Morgan fingerprint density at radius 3 is 2.56 bits per heavy atom. The van der Waals surface area contributed by atoms with E-state index >= 15 is 0 Å². The van der Waals surface area contributed by atoms with Gasteiger partial charge in [-0.15, -0.1) is 0 Å². The second kappa shape index (κ2) is 6.00. The van der Waals surface area contributed by atoms with E-state index in [4.69, 9.17) is 5.11 Å². The molecule has 0 saturated carbocycles. The van der Waals surface area contributed by atoms with Crippen LogP contribution in [-0.4, -0.2) is 23.0 Å². The standard InChI is InChI=1S/C13H19NO3S/c1-13(2,3)10(7-12(16)17)14-11(15)6-9-4-5-18-8-9/h4-5,8,10H,6-7H2,1-3H3,(H,14,15)(H,16,17). The Morgan fingerprint density at radius 1 is 1.44 bits per heavy atom. The minimum absolute atomic E-state index is 0.0567. The molecule has 0 radical (unpaired) electrons. The zero-order chi connectivity index (χ0) is 13.8. The van der Waals surface area contributed by atoms with Crippen LogP contribution in [0.1, 0.15) is 32.8 Å². The molecule has 0 aliphatic carbocycles. The molecule has 1 aromatic heterocycles. The van der Waals surface area contributed by atoms with Gasteiger partial charge in [-0.2, -0.15) is 11.3 Å². The van der Waals surface area contributed by atoms with E-state index in [0.717, 1.165) is 5.56 Å². The summed E-state index contributed by atoms with van der Waals surface area (Å²) < 4.78 is 0. The Morgan fingerprint density at radius 2 is 2.11 bits per heavy atom. The van der Waals surface area contributed by atoms with E-state index in [0.29, 0.717) is 6.42 Å². The molecule has 0 bridgehead atoms. The van der Waals surface area contributed by atoms with Gasteiger partial charge in [-0.1, -0.05) is 20.8 Å². The zero-order valence-electron chi connectivity index (χ0n) is 10.9. The molecule has 0 fully saturated rings. The van der Waals surface area contributed by atoms with Crippen molar-refractivity contribution in [1.29, 1.82) is 0 Å². The van der Waals surface area contributed by atoms with E-state index in [2.05, 4.69) is 5.32 Å². The van der Waals surface area contributed by atoms with Crippen LogP contribution in [0.15, 0.2) is 16.8 Å². The van der Waals surface area contributed by atoms with Crippen molar-refractivity contribution in [3.05, 3.63) is 22.4 Å². The summed E-state index contributed by atoms with van der Waals surface area (Å²) in [5, 5.41) is 15.5. The summed E-state index contributed by atoms with van der Waals surface area (Å²) in [6, 6.07) is 1.54. The van der Waals surface area contributed by atoms with Gasteiger partial charge >= 0.3 is 5.97 Å². The van der Waals surface area contributed by atoms with Crippen LogP contribution >= 0.6 is 11.3 Å². The minimum atomic E-state index is -0.897. The Kier molecular flexibility index (Phi) is 4.90. The maximum Gasteiger partial charge on any atom is 0.305 e. The van der Waals surface area contributed by atoms with Crippen molar-refractivity contribution in [2.75, 3.05) is 0 Å². The maximum atomic E-state index is 11.8. The van der Waals surface area contributed by atoms with Crippen LogP contribution in [-0.2, 0) is 16.0 Å². The van der Waals surface area contributed by atoms with Crippen LogP contribution in [0.5, 0.6) is 0 Å². The molecule has 0 spiro atoms. The number of carbonyl (C=O) groups excluding carboxylic acids is 1. The number of rotatable bonds is 5. The first-order chi connectivity index (χ1) is 8.29. The van der Waals surface area contributed by atoms with E-state index in [-0.39, 0.29) is 23.8 Å². The molecule has 0 saturated heterocycles. The normalized spacial score (nSPS) is 13.1. The fourth-order valence-corrected chi connectivity index (χ4v) is 2.24. The van der Waals surface area contributed by atoms with Gasteiger partial charge in [0.2, 0.25) is 5.91 Å². The number of aliphatic carboxylic acids is 1. The molecule has 1 atom stereocenters. The average molecular weight is 269 g/mol. The topological polar surface area (TPSA) is 66.4 Å². The van der Waals surface area contributed by atoms with E-state index in [1.807, 2.05) is 37.6 Å². The van der Waals surface area contributed by atoms with Crippen molar-refractivity contribution in [1.82, 2.24) is 5.32 Å². The Hall–Kier alpha value is -1.36. The summed E-state index contributed by atoms with van der Waals surface area (Å²) in [5.41, 5.74) is 0.684. The van der Waals surface area contributed by atoms with Gasteiger partial charge in [0.05, 0.1) is 12.8 Å². The van der Waals surface area contributed by atoms with Crippen molar-refractivity contribution in [2.45, 2.75) is 39.7 Å². The second-order valence-electron chi connectivity index (χ2n) is 5.39. The predicted molar refractivity (Wildman–Crippen MR) is 71.7 cm³/mol. The van der Waals surface area contributed by atoms with Crippen molar-refractivity contribution in [3.8, 4) is 0 Å². The highest BCUT2D eigenvalue weighted by atomic mass is 32.1. The average Bonchev–Trinajstić information content (AvgIpc) is 2.67. The predicted octanol–water partition coefficient (Wildman–Crippen LogP) is 2.30. The third-order valence-corrected chi connectivity index (χ3v) is 3.44. The fourth-order valence-electron chi connectivity index (χ4n) is 1.57. The van der Waals surface area contributed by atoms with Crippen LogP contribution in [0.25, 0.3) is 0 Å². The SMILES string of the molecule is CC(C)(C)C(CC(=O)O)NC(=O)Cc1ccsc1. The molecule has 1 aromatic rings. The first-order valence-corrected chi connectivity index (χ1v) is 6.75. The number of nitrogens with one attached hydrogen (secondary N) is 1. The molecule has 1 rings (SSSR count). The highest BCUT2D eigenvalue weighted by Crippen LogP contribution is 2.22. The third-order valence-electron chi connectivity index (χ3n) is 2.70. The first-order valence-electron chi connectivity index (χ1n) is 5.81. The number of thiophene rings is 1. The van der Waals surface area contributed by atoms with Gasteiger partial charge in [0.15, 0.2) is 0 Å². The molecule has 2 N–H and O–H groups in total. The fraction of sp³-hybridized carbons (Fsp3) is 0.538. The Bertz CT molecular complexity index is 406. The molecule has 0 aromatic carbocycles. The highest BCUT2D eigenvalue weighted by molar-refractivity contribution is 7.07. The highest BCUT2D eigenvalue weighted by Gasteiger charge is 2.28. The molecule has 1 heterocycles. The third kappa shape index (κ3) is 4.87. The van der Waals surface area contributed by atoms with Gasteiger partial charge < -0.3 is 10.4 Å². The number of carboxylic acids is 1. The van der Waals surface area contributed by atoms with Gasteiger partial charge in [-0.05, 0) is 27.8 Å². The van der Waals surface area contributed by atoms with Crippen molar-refractivity contribution >= 4 is 23.2 Å². The van der Waals surface area contributed by atoms with Crippen molar-refractivity contribution in [3.63, 3.8) is 0 Å². The molecular weight excluding hydrogens is 250 g/mol. The molecule has 100 valence electrons. The number of carbonyl (C=O) groups is 2. The molecule has 18 heavy (non-hydrogen) atoms. The molecule has 1 unspecified atom stereocenters. The summed E-state index contributed by atoms with van der Waals surface area (Å²) in [6.45, 7) is 5.77. The molecule has 0 aliphatic heterocycles. The number of carboxylic acid groups (broad SMARTS) is 1. The van der Waals surface area contributed by atoms with Gasteiger partial charge in [0.25, 0.3) is 0 Å². The quantitative estimate of drug-likeness (QED) is 0.862. The lowest BCUT2D eigenvalue weighted by Crippen LogP contribution is -2.45. The molecule has 4 nitrogen and oxygen atoms in total. The van der Waals surface area contributed by atoms with Crippen LogP contribution < -0.4 is 5.32 Å². The molecule has 5 heteroatoms. The molecule has 1 amide bonds. The number of amides is 1. The lowest BCUT2D eigenvalue weighted by atomic mass is 9.84. The number of hydrogen-bond donors (Lipinski definition) is 2. The lowest BCUT2D eigenvalue weighted by Gasteiger charge is -2.30. The largest absolute Gasteiger partial charge is 0.481 e. The van der Waals surface area contributed by atoms with Crippen LogP contribution in [0.4, 0.5) is 0 Å². The Balaban J connectivity index is 2.60. The molecular formula is C13H19NO3S. The lowest BCUT2D eigenvalue weighted by molar-refractivity contribution is -0.138. The van der Waals surface area contributed by atoms with Gasteiger partial charge in [0.1, 0.15) is 0 Å². The summed E-state index contributed by atoms with van der Waals surface area (Å²) in [6.07, 6.45) is 0.245. The maximum absolute atomic E-state index is 11.8. The van der Waals surface area contributed by atoms with E-state index in [9.17, 15) is 9.59 Å². The summed E-state index contributed by atoms with van der Waals surface area (Å²) in [5.74, 6) is -1.03. The second-order valence-corrected chi connectivity index (χ2v) is 6.17. The van der Waals surface area contributed by atoms with Crippen LogP contribution in [0.2, 0.25) is 0 Å². The smallest absolute Gasteiger partial charge is 0.305 e. The van der Waals surface area contributed by atoms with E-state index in [1.54, 1.807) is 11.3 Å². The van der Waals surface area contributed by atoms with Gasteiger partial charge in [-0.3, -0.25) is 9.59 Å². The van der Waals surface area contributed by atoms with Crippen molar-refractivity contribution < 1.29 is 14.7 Å². The zero-order valence-corrected chi connectivity index (χ0v) is 11.7. The number of hydrogen-bond acceptors (Lipinski definition) is 3. The summed E-state index contributed by atoms with van der Waals surface area (Å²) in [7, 11) is 0.